The maximum absolute atomic E-state index is 12.1. The van der Waals surface area contributed by atoms with Crippen molar-refractivity contribution in [3.05, 3.63) is 28.8 Å². The fourth-order valence-corrected chi connectivity index (χ4v) is 2.36. The Bertz CT molecular complexity index is 473. The number of nitrogens with one attached hydrogen (secondary N) is 2. The normalized spacial score (nSPS) is 20.2. The number of carbonyl (C=O) groups excluding carboxylic acids is 1. The summed E-state index contributed by atoms with van der Waals surface area (Å²) in [5.41, 5.74) is 0.938. The number of halogens is 1. The Hall–Kier alpha value is -1.26. The van der Waals surface area contributed by atoms with Crippen LogP contribution in [0, 0.1) is 6.92 Å². The van der Waals surface area contributed by atoms with E-state index >= 15 is 0 Å². The molecule has 0 aliphatic carbocycles. The molecule has 4 nitrogen and oxygen atoms in total. The van der Waals surface area contributed by atoms with Gasteiger partial charge in [-0.15, -0.1) is 0 Å². The molecule has 1 fully saturated rings. The summed E-state index contributed by atoms with van der Waals surface area (Å²) in [7, 11) is 0. The van der Waals surface area contributed by atoms with E-state index in [4.69, 9.17) is 16.3 Å². The van der Waals surface area contributed by atoms with E-state index in [0.29, 0.717) is 10.8 Å². The van der Waals surface area contributed by atoms with E-state index in [2.05, 4.69) is 10.6 Å². The van der Waals surface area contributed by atoms with Gasteiger partial charge in [0.15, 0.2) is 6.10 Å². The van der Waals surface area contributed by atoms with Crippen LogP contribution >= 0.6 is 11.6 Å². The maximum atomic E-state index is 12.1. The first kappa shape index (κ1) is 15.1. The molecular formula is C15H21ClN2O2. The molecule has 1 unspecified atom stereocenters. The minimum atomic E-state index is -0.516. The van der Waals surface area contributed by atoms with Gasteiger partial charge in [-0.2, -0.15) is 0 Å². The van der Waals surface area contributed by atoms with Crippen molar-refractivity contribution in [3.8, 4) is 5.75 Å². The van der Waals surface area contributed by atoms with E-state index in [0.717, 1.165) is 31.5 Å². The zero-order valence-corrected chi connectivity index (χ0v) is 12.7. The SMILES string of the molecule is Cc1cc(OC(C)C(=O)N[C@H]2CCCNC2)ccc1Cl. The highest BCUT2D eigenvalue weighted by molar-refractivity contribution is 6.31. The predicted octanol–water partition coefficient (Wildman–Crippen LogP) is 2.28. The summed E-state index contributed by atoms with van der Waals surface area (Å²) in [6, 6.07) is 5.60. The van der Waals surface area contributed by atoms with Crippen molar-refractivity contribution in [1.82, 2.24) is 10.6 Å². The lowest BCUT2D eigenvalue weighted by atomic mass is 10.1. The van der Waals surface area contributed by atoms with E-state index in [-0.39, 0.29) is 11.9 Å². The number of rotatable bonds is 4. The Balaban J connectivity index is 1.88. The van der Waals surface area contributed by atoms with Gasteiger partial charge < -0.3 is 15.4 Å². The number of ether oxygens (including phenoxy) is 1. The van der Waals surface area contributed by atoms with Gasteiger partial charge in [0, 0.05) is 17.6 Å². The first-order valence-electron chi connectivity index (χ1n) is 7.00. The number of hydrogen-bond acceptors (Lipinski definition) is 3. The fraction of sp³-hybridized carbons (Fsp3) is 0.533. The molecule has 20 heavy (non-hydrogen) atoms. The van der Waals surface area contributed by atoms with E-state index in [1.165, 1.54) is 0 Å². The van der Waals surface area contributed by atoms with Gasteiger partial charge in [-0.3, -0.25) is 4.79 Å². The van der Waals surface area contributed by atoms with Crippen molar-refractivity contribution in [2.75, 3.05) is 13.1 Å². The minimum Gasteiger partial charge on any atom is -0.481 e. The topological polar surface area (TPSA) is 50.4 Å². The molecule has 1 aromatic carbocycles. The molecule has 2 atom stereocenters. The molecule has 1 aliphatic heterocycles. The molecule has 0 bridgehead atoms. The maximum Gasteiger partial charge on any atom is 0.261 e. The van der Waals surface area contributed by atoms with E-state index in [9.17, 15) is 4.79 Å². The van der Waals surface area contributed by atoms with Crippen molar-refractivity contribution in [1.29, 1.82) is 0 Å². The third-order valence-electron chi connectivity index (χ3n) is 3.45. The van der Waals surface area contributed by atoms with Crippen molar-refractivity contribution in [2.45, 2.75) is 38.8 Å². The van der Waals surface area contributed by atoms with Gasteiger partial charge in [-0.05, 0) is 57.0 Å². The van der Waals surface area contributed by atoms with E-state index in [1.54, 1.807) is 19.1 Å². The van der Waals surface area contributed by atoms with E-state index < -0.39 is 6.10 Å². The summed E-state index contributed by atoms with van der Waals surface area (Å²) in [4.78, 5) is 12.1. The predicted molar refractivity (Wildman–Crippen MR) is 80.3 cm³/mol. The van der Waals surface area contributed by atoms with Gasteiger partial charge in [0.1, 0.15) is 5.75 Å². The smallest absolute Gasteiger partial charge is 0.261 e. The van der Waals surface area contributed by atoms with Gasteiger partial charge in [0.2, 0.25) is 0 Å². The van der Waals surface area contributed by atoms with Crippen molar-refractivity contribution < 1.29 is 9.53 Å². The Labute approximate surface area is 124 Å². The zero-order chi connectivity index (χ0) is 14.5. The molecule has 2 N–H and O–H groups in total. The lowest BCUT2D eigenvalue weighted by Gasteiger charge is -2.25. The first-order chi connectivity index (χ1) is 9.56. The molecule has 0 aromatic heterocycles. The van der Waals surface area contributed by atoms with Gasteiger partial charge in [0.05, 0.1) is 0 Å². The summed E-state index contributed by atoms with van der Waals surface area (Å²) in [5.74, 6) is 0.586. The highest BCUT2D eigenvalue weighted by Crippen LogP contribution is 2.21. The first-order valence-corrected chi connectivity index (χ1v) is 7.38. The number of benzene rings is 1. The molecule has 0 radical (unpaired) electrons. The molecule has 110 valence electrons. The monoisotopic (exact) mass is 296 g/mol. The molecule has 5 heteroatoms. The number of carbonyl (C=O) groups is 1. The summed E-state index contributed by atoms with van der Waals surface area (Å²) in [6.07, 6.45) is 1.60. The second-order valence-corrected chi connectivity index (χ2v) is 5.63. The molecule has 1 aromatic rings. The highest BCUT2D eigenvalue weighted by atomic mass is 35.5. The van der Waals surface area contributed by atoms with Crippen molar-refractivity contribution >= 4 is 17.5 Å². The van der Waals surface area contributed by atoms with Crippen LogP contribution in [0.2, 0.25) is 5.02 Å². The molecular weight excluding hydrogens is 276 g/mol. The average Bonchev–Trinajstić information content (AvgIpc) is 2.44. The Kier molecular flexibility index (Phi) is 5.26. The fourth-order valence-electron chi connectivity index (χ4n) is 2.24. The molecule has 0 saturated carbocycles. The van der Waals surface area contributed by atoms with Crippen molar-refractivity contribution in [3.63, 3.8) is 0 Å². The number of piperidine rings is 1. The van der Waals surface area contributed by atoms with Gasteiger partial charge in [-0.25, -0.2) is 0 Å². The average molecular weight is 297 g/mol. The van der Waals surface area contributed by atoms with Crippen LogP contribution < -0.4 is 15.4 Å². The summed E-state index contributed by atoms with van der Waals surface area (Å²) < 4.78 is 5.66. The van der Waals surface area contributed by atoms with Crippen LogP contribution in [0.1, 0.15) is 25.3 Å². The van der Waals surface area contributed by atoms with Crippen LogP contribution in [-0.4, -0.2) is 31.1 Å². The highest BCUT2D eigenvalue weighted by Gasteiger charge is 2.20. The molecule has 1 heterocycles. The van der Waals surface area contributed by atoms with Crippen molar-refractivity contribution in [2.24, 2.45) is 0 Å². The quantitative estimate of drug-likeness (QED) is 0.896. The number of aryl methyl sites for hydroxylation is 1. The van der Waals surface area contributed by atoms with Crippen LogP contribution in [0.5, 0.6) is 5.75 Å². The summed E-state index contributed by atoms with van der Waals surface area (Å²) in [6.45, 7) is 5.53. The van der Waals surface area contributed by atoms with Crippen LogP contribution in [0.4, 0.5) is 0 Å². The zero-order valence-electron chi connectivity index (χ0n) is 11.9. The Morgan fingerprint density at radius 2 is 2.35 bits per heavy atom. The molecule has 1 saturated heterocycles. The number of amides is 1. The van der Waals surface area contributed by atoms with Gasteiger partial charge in [-0.1, -0.05) is 11.6 Å². The molecule has 2 rings (SSSR count). The lowest BCUT2D eigenvalue weighted by Crippen LogP contribution is -2.49. The lowest BCUT2D eigenvalue weighted by molar-refractivity contribution is -0.128. The third-order valence-corrected chi connectivity index (χ3v) is 3.88. The van der Waals surface area contributed by atoms with Crippen LogP contribution in [-0.2, 0) is 4.79 Å². The largest absolute Gasteiger partial charge is 0.481 e. The van der Waals surface area contributed by atoms with Gasteiger partial charge in [0.25, 0.3) is 5.91 Å². The second kappa shape index (κ2) is 6.95. The Morgan fingerprint density at radius 1 is 1.55 bits per heavy atom. The summed E-state index contributed by atoms with van der Waals surface area (Å²) >= 11 is 5.97. The van der Waals surface area contributed by atoms with Crippen LogP contribution in [0.25, 0.3) is 0 Å². The molecule has 1 amide bonds. The van der Waals surface area contributed by atoms with Gasteiger partial charge >= 0.3 is 0 Å². The minimum absolute atomic E-state index is 0.0775. The van der Waals surface area contributed by atoms with E-state index in [1.807, 2.05) is 13.0 Å². The third kappa shape index (κ3) is 4.12. The van der Waals surface area contributed by atoms with Crippen LogP contribution in [0.15, 0.2) is 18.2 Å². The second-order valence-electron chi connectivity index (χ2n) is 5.22. The Morgan fingerprint density at radius 3 is 3.00 bits per heavy atom. The standard InChI is InChI=1S/C15H21ClN2O2/c1-10-8-13(5-6-14(10)16)20-11(2)15(19)18-12-4-3-7-17-9-12/h5-6,8,11-12,17H,3-4,7,9H2,1-2H3,(H,18,19)/t11?,12-/m0/s1. The molecule has 0 spiro atoms. The molecule has 1 aliphatic rings. The number of hydrogen-bond donors (Lipinski definition) is 2. The van der Waals surface area contributed by atoms with Crippen LogP contribution in [0.3, 0.4) is 0 Å². The summed E-state index contributed by atoms with van der Waals surface area (Å²) in [5, 5.41) is 6.98.